The van der Waals surface area contributed by atoms with Crippen LogP contribution in [0.25, 0.3) is 0 Å². The molecule has 2 bridgehead atoms. The minimum Gasteiger partial charge on any atom is -0.444 e. The maximum atomic E-state index is 13.1. The van der Waals surface area contributed by atoms with E-state index in [0.717, 1.165) is 5.56 Å². The van der Waals surface area contributed by atoms with E-state index in [9.17, 15) is 24.0 Å². The van der Waals surface area contributed by atoms with E-state index in [2.05, 4.69) is 10.9 Å². The summed E-state index contributed by atoms with van der Waals surface area (Å²) in [4.78, 5) is 75.0. The lowest BCUT2D eigenvalue weighted by molar-refractivity contribution is -0.140. The molecule has 0 aliphatic carbocycles. The molecule has 0 unspecified atom stereocenters. The fraction of sp³-hybridized carbons (Fsp3) is 0.656. The van der Waals surface area contributed by atoms with Gasteiger partial charge in [-0.15, -0.1) is 0 Å². The number of rotatable bonds is 8. The first-order chi connectivity index (χ1) is 21.6. The summed E-state index contributed by atoms with van der Waals surface area (Å²) in [5.41, 5.74) is 4.46. The van der Waals surface area contributed by atoms with Gasteiger partial charge in [0.2, 0.25) is 5.91 Å². The van der Waals surface area contributed by atoms with Crippen molar-refractivity contribution in [2.24, 2.45) is 0 Å². The van der Waals surface area contributed by atoms with Crippen molar-refractivity contribution >= 4 is 30.0 Å². The molecule has 6 amide bonds. The maximum Gasteiger partial charge on any atom is 0.410 e. The van der Waals surface area contributed by atoms with Gasteiger partial charge in [-0.25, -0.2) is 14.4 Å². The van der Waals surface area contributed by atoms with Crippen LogP contribution >= 0.6 is 0 Å². The molecule has 3 fully saturated rings. The van der Waals surface area contributed by atoms with E-state index in [1.807, 2.05) is 51.1 Å². The number of carbonyl (C=O) groups excluding carboxylic acids is 5. The van der Waals surface area contributed by atoms with Gasteiger partial charge in [-0.1, -0.05) is 30.3 Å². The summed E-state index contributed by atoms with van der Waals surface area (Å²) < 4.78 is 11.1. The zero-order valence-corrected chi connectivity index (χ0v) is 27.7. The Kier molecular flexibility index (Phi) is 11.0. The second-order valence-electron chi connectivity index (χ2n) is 13.9. The van der Waals surface area contributed by atoms with Crippen molar-refractivity contribution in [3.63, 3.8) is 0 Å². The predicted molar refractivity (Wildman–Crippen MR) is 167 cm³/mol. The third kappa shape index (κ3) is 9.47. The Labute approximate surface area is 270 Å². The molecule has 0 aromatic heterocycles. The molecule has 0 spiro atoms. The Morgan fingerprint density at radius 3 is 2.17 bits per heavy atom. The minimum atomic E-state index is -0.747. The second-order valence-corrected chi connectivity index (χ2v) is 13.9. The van der Waals surface area contributed by atoms with Crippen LogP contribution in [0.5, 0.6) is 0 Å². The van der Waals surface area contributed by atoms with Gasteiger partial charge in [-0.2, -0.15) is 5.06 Å². The molecule has 2 N–H and O–H groups in total. The standard InChI is InChI=1S/C32H48N6O8/c1-31(2,3)45-29(42)35-17-14-23(15-18-35)36(30(43)46-32(4,5)6)19-16-26(39)33-34-27(40)25-13-12-24-20-37(25)28(41)38(24)44-21-22-10-8-7-9-11-22/h7-11,23-25H,12-21H2,1-6H3,(H,33,39)(H,34,40)/t24-,25+/m1/s1. The fourth-order valence-corrected chi connectivity index (χ4v) is 5.72. The second kappa shape index (κ2) is 14.6. The third-order valence-corrected chi connectivity index (χ3v) is 7.93. The lowest BCUT2D eigenvalue weighted by Crippen LogP contribution is -2.54. The first-order valence-electron chi connectivity index (χ1n) is 15.9. The summed E-state index contributed by atoms with van der Waals surface area (Å²) in [6.45, 7) is 12.2. The monoisotopic (exact) mass is 644 g/mol. The van der Waals surface area contributed by atoms with Gasteiger partial charge in [0.15, 0.2) is 0 Å². The van der Waals surface area contributed by atoms with Crippen LogP contribution in [-0.2, 0) is 30.5 Å². The number of piperidine rings is 2. The SMILES string of the molecule is CC(C)(C)OC(=O)N1CCC(N(CCC(=O)NNC(=O)[C@@H]2CC[C@@H]3CN2C(=O)N3OCc2ccccc2)C(=O)OC(C)(C)C)CC1. The molecule has 3 saturated heterocycles. The molecule has 3 heterocycles. The number of amides is 6. The van der Waals surface area contributed by atoms with Crippen molar-refractivity contribution in [3.05, 3.63) is 35.9 Å². The van der Waals surface area contributed by atoms with Crippen molar-refractivity contribution in [1.82, 2.24) is 30.6 Å². The average Bonchev–Trinajstić information content (AvgIpc) is 3.22. The molecule has 254 valence electrons. The molecule has 4 rings (SSSR count). The van der Waals surface area contributed by atoms with Gasteiger partial charge < -0.3 is 24.2 Å². The topological polar surface area (TPSA) is 150 Å². The summed E-state index contributed by atoms with van der Waals surface area (Å²) in [5.74, 6) is -0.995. The highest BCUT2D eigenvalue weighted by atomic mass is 16.7. The number of hydrazine groups is 1. The highest BCUT2D eigenvalue weighted by molar-refractivity contribution is 5.90. The van der Waals surface area contributed by atoms with Crippen LogP contribution in [0.3, 0.4) is 0 Å². The molecule has 1 aromatic rings. The summed E-state index contributed by atoms with van der Waals surface area (Å²) >= 11 is 0. The molecule has 14 nitrogen and oxygen atoms in total. The van der Waals surface area contributed by atoms with E-state index in [1.54, 1.807) is 25.7 Å². The van der Waals surface area contributed by atoms with E-state index in [0.29, 0.717) is 45.3 Å². The maximum absolute atomic E-state index is 13.1. The van der Waals surface area contributed by atoms with Gasteiger partial charge in [0, 0.05) is 38.6 Å². The minimum absolute atomic E-state index is 0.0527. The van der Waals surface area contributed by atoms with Crippen LogP contribution in [-0.4, -0.2) is 105 Å². The Balaban J connectivity index is 1.26. The smallest absolute Gasteiger partial charge is 0.410 e. The molecule has 3 aliphatic rings. The number of nitrogens with one attached hydrogen (secondary N) is 2. The molecule has 14 heteroatoms. The van der Waals surface area contributed by atoms with Crippen molar-refractivity contribution in [3.8, 4) is 0 Å². The highest BCUT2D eigenvalue weighted by Crippen LogP contribution is 2.30. The highest BCUT2D eigenvalue weighted by Gasteiger charge is 2.48. The number of fused-ring (bicyclic) bond motifs is 2. The van der Waals surface area contributed by atoms with Crippen LogP contribution in [0.4, 0.5) is 14.4 Å². The van der Waals surface area contributed by atoms with E-state index >= 15 is 0 Å². The Bertz CT molecular complexity index is 1260. The molecule has 0 saturated carbocycles. The summed E-state index contributed by atoms with van der Waals surface area (Å²) in [7, 11) is 0. The molecule has 0 radical (unpaired) electrons. The number of carbonyl (C=O) groups is 5. The summed E-state index contributed by atoms with van der Waals surface area (Å²) in [6, 6.07) is 7.99. The zero-order chi connectivity index (χ0) is 33.6. The molecule has 2 atom stereocenters. The van der Waals surface area contributed by atoms with Gasteiger partial charge in [-0.3, -0.25) is 25.3 Å². The fourth-order valence-electron chi connectivity index (χ4n) is 5.72. The van der Waals surface area contributed by atoms with Crippen molar-refractivity contribution < 1.29 is 38.3 Å². The van der Waals surface area contributed by atoms with Gasteiger partial charge >= 0.3 is 18.2 Å². The quantitative estimate of drug-likeness (QED) is 0.408. The van der Waals surface area contributed by atoms with E-state index in [1.165, 1.54) is 14.9 Å². The summed E-state index contributed by atoms with van der Waals surface area (Å²) in [6.07, 6.45) is 0.954. The number of benzene rings is 1. The van der Waals surface area contributed by atoms with Crippen LogP contribution in [0, 0.1) is 0 Å². The van der Waals surface area contributed by atoms with Gasteiger partial charge in [-0.05, 0) is 72.8 Å². The van der Waals surface area contributed by atoms with Crippen molar-refractivity contribution in [2.45, 2.75) is 110 Å². The Morgan fingerprint density at radius 1 is 0.891 bits per heavy atom. The number of hydrogen-bond acceptors (Lipinski definition) is 8. The molecule has 3 aliphatic heterocycles. The Morgan fingerprint density at radius 2 is 1.54 bits per heavy atom. The zero-order valence-electron chi connectivity index (χ0n) is 27.7. The van der Waals surface area contributed by atoms with E-state index < -0.39 is 41.2 Å². The number of hydrogen-bond donors (Lipinski definition) is 2. The van der Waals surface area contributed by atoms with Crippen molar-refractivity contribution in [2.75, 3.05) is 26.2 Å². The van der Waals surface area contributed by atoms with Crippen LogP contribution in [0.2, 0.25) is 0 Å². The first kappa shape index (κ1) is 34.8. The van der Waals surface area contributed by atoms with Gasteiger partial charge in [0.05, 0.1) is 6.04 Å². The van der Waals surface area contributed by atoms with Crippen LogP contribution < -0.4 is 10.9 Å². The Hall–Kier alpha value is -4.07. The van der Waals surface area contributed by atoms with Gasteiger partial charge in [0.25, 0.3) is 5.91 Å². The number of nitrogens with zero attached hydrogens (tertiary/aromatic N) is 4. The number of hydroxylamine groups is 2. The van der Waals surface area contributed by atoms with E-state index in [4.69, 9.17) is 14.3 Å². The average molecular weight is 645 g/mol. The van der Waals surface area contributed by atoms with Crippen molar-refractivity contribution in [1.29, 1.82) is 0 Å². The lowest BCUT2D eigenvalue weighted by Gasteiger charge is -2.39. The predicted octanol–water partition coefficient (Wildman–Crippen LogP) is 3.56. The van der Waals surface area contributed by atoms with E-state index in [-0.39, 0.29) is 37.7 Å². The van der Waals surface area contributed by atoms with Crippen LogP contribution in [0.1, 0.15) is 79.2 Å². The largest absolute Gasteiger partial charge is 0.444 e. The third-order valence-electron chi connectivity index (χ3n) is 7.93. The first-order valence-corrected chi connectivity index (χ1v) is 15.9. The number of urea groups is 1. The number of likely N-dealkylation sites (tertiary alicyclic amines) is 1. The molecule has 46 heavy (non-hydrogen) atoms. The van der Waals surface area contributed by atoms with Gasteiger partial charge in [0.1, 0.15) is 23.9 Å². The molecule has 1 aromatic carbocycles. The van der Waals surface area contributed by atoms with Crippen LogP contribution in [0.15, 0.2) is 30.3 Å². The normalized spacial score (nSPS) is 20.3. The molecular weight excluding hydrogens is 596 g/mol. The summed E-state index contributed by atoms with van der Waals surface area (Å²) in [5, 5.41) is 1.35. The lowest BCUT2D eigenvalue weighted by atomic mass is 10.0. The number of ether oxygens (including phenoxy) is 2. The molecular formula is C32H48N6O8.